The SMILES string of the molecule is CC1(CC(=O)O)C=CCCC1. The maximum Gasteiger partial charge on any atom is 0.304 e. The zero-order valence-corrected chi connectivity index (χ0v) is 6.84. The molecule has 0 spiro atoms. The van der Waals surface area contributed by atoms with Crippen LogP contribution in [0.4, 0.5) is 0 Å². The van der Waals surface area contributed by atoms with Gasteiger partial charge < -0.3 is 5.11 Å². The summed E-state index contributed by atoms with van der Waals surface area (Å²) in [4.78, 5) is 10.4. The van der Waals surface area contributed by atoms with Gasteiger partial charge in [-0.05, 0) is 24.7 Å². The molecule has 0 saturated carbocycles. The Morgan fingerprint density at radius 3 is 2.91 bits per heavy atom. The first-order chi connectivity index (χ1) is 5.12. The Bertz CT molecular complexity index is 184. The van der Waals surface area contributed by atoms with Gasteiger partial charge in [0.15, 0.2) is 0 Å². The van der Waals surface area contributed by atoms with Crippen LogP contribution >= 0.6 is 0 Å². The summed E-state index contributed by atoms with van der Waals surface area (Å²) in [5, 5.41) is 8.60. The highest BCUT2D eigenvalue weighted by Gasteiger charge is 2.25. The van der Waals surface area contributed by atoms with Gasteiger partial charge >= 0.3 is 5.97 Å². The first-order valence-electron chi connectivity index (χ1n) is 4.02. The molecule has 0 fully saturated rings. The van der Waals surface area contributed by atoms with Crippen molar-refractivity contribution in [1.82, 2.24) is 0 Å². The molecule has 0 heterocycles. The molecule has 0 aromatic carbocycles. The third-order valence-corrected chi connectivity index (χ3v) is 2.19. The van der Waals surface area contributed by atoms with Crippen LogP contribution in [-0.4, -0.2) is 11.1 Å². The molecule has 1 rings (SSSR count). The van der Waals surface area contributed by atoms with Crippen LogP contribution < -0.4 is 0 Å². The van der Waals surface area contributed by atoms with Crippen LogP contribution in [0.5, 0.6) is 0 Å². The minimum atomic E-state index is -0.695. The molecule has 2 nitrogen and oxygen atoms in total. The second-order valence-corrected chi connectivity index (χ2v) is 3.52. The standard InChI is InChI=1S/C9H14O2/c1-9(7-8(10)11)5-3-2-4-6-9/h3,5H,2,4,6-7H2,1H3,(H,10,11). The molecule has 0 aromatic rings. The molecule has 62 valence electrons. The molecule has 11 heavy (non-hydrogen) atoms. The molecular weight excluding hydrogens is 140 g/mol. The first kappa shape index (κ1) is 8.31. The summed E-state index contributed by atoms with van der Waals surface area (Å²) in [6.45, 7) is 2.01. The van der Waals surface area contributed by atoms with E-state index in [2.05, 4.69) is 6.08 Å². The van der Waals surface area contributed by atoms with E-state index < -0.39 is 5.97 Å². The lowest BCUT2D eigenvalue weighted by Gasteiger charge is -2.26. The molecule has 0 aromatic heterocycles. The average molecular weight is 154 g/mol. The number of carbonyl (C=O) groups is 1. The van der Waals surface area contributed by atoms with E-state index in [1.54, 1.807) is 0 Å². The van der Waals surface area contributed by atoms with Crippen molar-refractivity contribution < 1.29 is 9.90 Å². The highest BCUT2D eigenvalue weighted by atomic mass is 16.4. The van der Waals surface area contributed by atoms with Gasteiger partial charge in [0.2, 0.25) is 0 Å². The van der Waals surface area contributed by atoms with Crippen LogP contribution in [0.1, 0.15) is 32.6 Å². The van der Waals surface area contributed by atoms with E-state index in [4.69, 9.17) is 5.11 Å². The lowest BCUT2D eigenvalue weighted by molar-refractivity contribution is -0.139. The fourth-order valence-corrected chi connectivity index (χ4v) is 1.57. The lowest BCUT2D eigenvalue weighted by atomic mass is 9.78. The van der Waals surface area contributed by atoms with Crippen molar-refractivity contribution >= 4 is 5.97 Å². The maximum absolute atomic E-state index is 10.4. The maximum atomic E-state index is 10.4. The molecule has 0 saturated heterocycles. The van der Waals surface area contributed by atoms with Gasteiger partial charge in [0.25, 0.3) is 0 Å². The number of carboxylic acids is 1. The number of rotatable bonds is 2. The smallest absolute Gasteiger partial charge is 0.304 e. The van der Waals surface area contributed by atoms with Crippen LogP contribution in [0.15, 0.2) is 12.2 Å². The Hall–Kier alpha value is -0.790. The van der Waals surface area contributed by atoms with Crippen molar-refractivity contribution in [1.29, 1.82) is 0 Å². The van der Waals surface area contributed by atoms with Crippen LogP contribution in [0, 0.1) is 5.41 Å². The summed E-state index contributed by atoms with van der Waals surface area (Å²) in [5.41, 5.74) is -0.0793. The second kappa shape index (κ2) is 3.07. The van der Waals surface area contributed by atoms with E-state index in [0.717, 1.165) is 19.3 Å². The largest absolute Gasteiger partial charge is 0.481 e. The molecule has 1 N–H and O–H groups in total. The van der Waals surface area contributed by atoms with Crippen molar-refractivity contribution in [3.8, 4) is 0 Å². The topological polar surface area (TPSA) is 37.3 Å². The van der Waals surface area contributed by atoms with Crippen molar-refractivity contribution in [3.63, 3.8) is 0 Å². The summed E-state index contributed by atoms with van der Waals surface area (Å²) in [7, 11) is 0. The zero-order chi connectivity index (χ0) is 8.32. The van der Waals surface area contributed by atoms with Gasteiger partial charge in [-0.25, -0.2) is 0 Å². The molecule has 1 aliphatic carbocycles. The highest BCUT2D eigenvalue weighted by molar-refractivity contribution is 5.68. The van der Waals surface area contributed by atoms with E-state index in [1.807, 2.05) is 13.0 Å². The normalized spacial score (nSPS) is 30.3. The third-order valence-electron chi connectivity index (χ3n) is 2.19. The van der Waals surface area contributed by atoms with Gasteiger partial charge in [-0.15, -0.1) is 0 Å². The lowest BCUT2D eigenvalue weighted by Crippen LogP contribution is -2.19. The highest BCUT2D eigenvalue weighted by Crippen LogP contribution is 2.33. The van der Waals surface area contributed by atoms with Crippen molar-refractivity contribution in [2.45, 2.75) is 32.6 Å². The van der Waals surface area contributed by atoms with Crippen LogP contribution in [0.3, 0.4) is 0 Å². The molecule has 0 amide bonds. The van der Waals surface area contributed by atoms with Crippen LogP contribution in [0.2, 0.25) is 0 Å². The van der Waals surface area contributed by atoms with E-state index in [9.17, 15) is 4.79 Å². The summed E-state index contributed by atoms with van der Waals surface area (Å²) >= 11 is 0. The van der Waals surface area contributed by atoms with E-state index in [1.165, 1.54) is 0 Å². The summed E-state index contributed by atoms with van der Waals surface area (Å²) in [6, 6.07) is 0. The predicted octanol–water partition coefficient (Wildman–Crippen LogP) is 2.21. The van der Waals surface area contributed by atoms with E-state index >= 15 is 0 Å². The quantitative estimate of drug-likeness (QED) is 0.619. The number of aliphatic carboxylic acids is 1. The Morgan fingerprint density at radius 2 is 2.45 bits per heavy atom. The average Bonchev–Trinajstić information content (AvgIpc) is 1.85. The molecule has 0 bridgehead atoms. The minimum Gasteiger partial charge on any atom is -0.481 e. The van der Waals surface area contributed by atoms with Gasteiger partial charge in [0.05, 0.1) is 6.42 Å². The monoisotopic (exact) mass is 154 g/mol. The third kappa shape index (κ3) is 2.37. The predicted molar refractivity (Wildman–Crippen MR) is 43.4 cm³/mol. The Labute approximate surface area is 66.9 Å². The zero-order valence-electron chi connectivity index (χ0n) is 6.84. The first-order valence-corrected chi connectivity index (χ1v) is 4.02. The van der Waals surface area contributed by atoms with Crippen LogP contribution in [0.25, 0.3) is 0 Å². The molecule has 0 radical (unpaired) electrons. The van der Waals surface area contributed by atoms with Gasteiger partial charge in [-0.2, -0.15) is 0 Å². The Morgan fingerprint density at radius 1 is 1.73 bits per heavy atom. The summed E-state index contributed by atoms with van der Waals surface area (Å²) in [6.07, 6.45) is 7.64. The summed E-state index contributed by atoms with van der Waals surface area (Å²) < 4.78 is 0. The molecule has 2 heteroatoms. The van der Waals surface area contributed by atoms with E-state index in [-0.39, 0.29) is 11.8 Å². The Kier molecular flexibility index (Phi) is 2.32. The fourth-order valence-electron chi connectivity index (χ4n) is 1.57. The Balaban J connectivity index is 2.57. The van der Waals surface area contributed by atoms with Gasteiger partial charge in [0.1, 0.15) is 0 Å². The second-order valence-electron chi connectivity index (χ2n) is 3.52. The molecule has 1 aliphatic rings. The number of hydrogen-bond acceptors (Lipinski definition) is 1. The minimum absolute atomic E-state index is 0.0793. The molecule has 1 unspecified atom stereocenters. The van der Waals surface area contributed by atoms with E-state index in [0.29, 0.717) is 0 Å². The van der Waals surface area contributed by atoms with Crippen molar-refractivity contribution in [2.24, 2.45) is 5.41 Å². The number of allylic oxidation sites excluding steroid dienone is 2. The van der Waals surface area contributed by atoms with Gasteiger partial charge in [-0.3, -0.25) is 4.79 Å². The fraction of sp³-hybridized carbons (Fsp3) is 0.667. The van der Waals surface area contributed by atoms with Gasteiger partial charge in [-0.1, -0.05) is 19.1 Å². The van der Waals surface area contributed by atoms with Crippen LogP contribution in [-0.2, 0) is 4.79 Å². The van der Waals surface area contributed by atoms with Crippen molar-refractivity contribution in [2.75, 3.05) is 0 Å². The molecular formula is C9H14O2. The molecule has 0 aliphatic heterocycles. The summed E-state index contributed by atoms with van der Waals surface area (Å²) in [5.74, 6) is -0.695. The molecule has 1 atom stereocenters. The van der Waals surface area contributed by atoms with Gasteiger partial charge in [0, 0.05) is 0 Å². The number of carboxylic acid groups (broad SMARTS) is 1. The van der Waals surface area contributed by atoms with Crippen molar-refractivity contribution in [3.05, 3.63) is 12.2 Å². The number of hydrogen-bond donors (Lipinski definition) is 1.